The second-order valence-electron chi connectivity index (χ2n) is 8.95. The van der Waals surface area contributed by atoms with Crippen LogP contribution in [-0.4, -0.2) is 77.4 Å². The van der Waals surface area contributed by atoms with Gasteiger partial charge in [-0.05, 0) is 56.4 Å². The van der Waals surface area contributed by atoms with E-state index >= 15 is 0 Å². The van der Waals surface area contributed by atoms with Gasteiger partial charge in [0.1, 0.15) is 11.7 Å². The maximum Gasteiger partial charge on any atom is 0.328 e. The molecule has 0 unspecified atom stereocenters. The van der Waals surface area contributed by atoms with Gasteiger partial charge in [-0.3, -0.25) is 19.4 Å². The number of aromatic amines is 2. The molecular formula is C27H34N6O6. The minimum absolute atomic E-state index is 0.0205. The van der Waals surface area contributed by atoms with E-state index in [-0.39, 0.29) is 37.6 Å². The van der Waals surface area contributed by atoms with Crippen molar-refractivity contribution in [2.75, 3.05) is 27.3 Å². The van der Waals surface area contributed by atoms with Gasteiger partial charge in [-0.1, -0.05) is 12.1 Å². The van der Waals surface area contributed by atoms with Crippen LogP contribution in [0.5, 0.6) is 0 Å². The Balaban J connectivity index is 1.63. The summed E-state index contributed by atoms with van der Waals surface area (Å²) in [4.78, 5) is 65.4. The molecule has 0 aliphatic carbocycles. The van der Waals surface area contributed by atoms with Crippen LogP contribution in [-0.2, 0) is 31.9 Å². The predicted molar refractivity (Wildman–Crippen MR) is 146 cm³/mol. The second kappa shape index (κ2) is 13.9. The Kier molecular flexibility index (Phi) is 10.4. The molecule has 39 heavy (non-hydrogen) atoms. The van der Waals surface area contributed by atoms with Crippen LogP contribution in [0, 0.1) is 0 Å². The minimum atomic E-state index is -0.968. The smallest absolute Gasteiger partial charge is 0.328 e. The number of aryl methyl sites for hydroxylation is 2. The van der Waals surface area contributed by atoms with Gasteiger partial charge in [-0.2, -0.15) is 4.98 Å². The van der Waals surface area contributed by atoms with Crippen molar-refractivity contribution < 1.29 is 23.9 Å². The number of nitrogens with one attached hydrogen (secondary N) is 3. The number of carbonyl (C=O) groups excluding carboxylic acids is 3. The Morgan fingerprint density at radius 2 is 1.82 bits per heavy atom. The summed E-state index contributed by atoms with van der Waals surface area (Å²) >= 11 is 0. The third-order valence-electron chi connectivity index (χ3n) is 5.74. The molecule has 2 aromatic heterocycles. The Bertz CT molecular complexity index is 1380. The van der Waals surface area contributed by atoms with Crippen molar-refractivity contribution in [3.63, 3.8) is 0 Å². The van der Waals surface area contributed by atoms with Crippen molar-refractivity contribution >= 4 is 41.2 Å². The van der Waals surface area contributed by atoms with Crippen LogP contribution in [0.25, 0.3) is 11.0 Å². The second-order valence-corrected chi connectivity index (χ2v) is 8.95. The highest BCUT2D eigenvalue weighted by atomic mass is 16.5. The fourth-order valence-corrected chi connectivity index (χ4v) is 3.85. The molecule has 0 saturated carbocycles. The van der Waals surface area contributed by atoms with Crippen LogP contribution in [0.15, 0.2) is 40.2 Å². The summed E-state index contributed by atoms with van der Waals surface area (Å²) in [5.41, 5.74) is 2.34. The van der Waals surface area contributed by atoms with Gasteiger partial charge < -0.3 is 24.7 Å². The number of hydrogen-bond donors (Lipinski definition) is 3. The number of amides is 1. The lowest BCUT2D eigenvalue weighted by Crippen LogP contribution is -2.42. The monoisotopic (exact) mass is 538 g/mol. The van der Waals surface area contributed by atoms with E-state index in [4.69, 9.17) is 9.47 Å². The van der Waals surface area contributed by atoms with Crippen molar-refractivity contribution in [3.05, 3.63) is 57.5 Å². The van der Waals surface area contributed by atoms with Crippen LogP contribution in [0.1, 0.15) is 48.2 Å². The molecule has 0 spiro atoms. The van der Waals surface area contributed by atoms with E-state index in [1.807, 2.05) is 26.2 Å². The van der Waals surface area contributed by atoms with E-state index in [0.717, 1.165) is 11.1 Å². The van der Waals surface area contributed by atoms with E-state index in [1.54, 1.807) is 43.4 Å². The zero-order chi connectivity index (χ0) is 28.4. The molecule has 1 aromatic carbocycles. The van der Waals surface area contributed by atoms with E-state index in [2.05, 4.69) is 25.3 Å². The lowest BCUT2D eigenvalue weighted by molar-refractivity contribution is -0.146. The Hall–Kier alpha value is -4.48. The quantitative estimate of drug-likeness (QED) is 0.170. The van der Waals surface area contributed by atoms with Crippen LogP contribution >= 0.6 is 0 Å². The average Bonchev–Trinajstić information content (AvgIpc) is 3.32. The summed E-state index contributed by atoms with van der Waals surface area (Å²) in [6, 6.07) is 5.99. The van der Waals surface area contributed by atoms with Crippen LogP contribution in [0.3, 0.4) is 0 Å². The van der Waals surface area contributed by atoms with E-state index in [0.29, 0.717) is 29.4 Å². The van der Waals surface area contributed by atoms with Crippen LogP contribution in [0.2, 0.25) is 0 Å². The summed E-state index contributed by atoms with van der Waals surface area (Å²) in [7, 11) is 3.64. The highest BCUT2D eigenvalue weighted by molar-refractivity contribution is 5.97. The third kappa shape index (κ3) is 8.25. The molecule has 0 aliphatic rings. The van der Waals surface area contributed by atoms with E-state index < -0.39 is 23.9 Å². The Labute approximate surface area is 225 Å². The number of aliphatic imine (C=N–C) groups is 1. The molecular weight excluding hydrogens is 504 g/mol. The van der Waals surface area contributed by atoms with Gasteiger partial charge in [0.25, 0.3) is 11.5 Å². The van der Waals surface area contributed by atoms with Crippen molar-refractivity contribution in [2.24, 2.45) is 4.99 Å². The SMILES string of the molecule is CCOC(=O)CC[C@H](NC(=O)c1ccc(CCc2c[nH]c3nc(N=CN(C)C)[nH]c(=O)c23)cc1)C(=O)OCC. The van der Waals surface area contributed by atoms with E-state index in [9.17, 15) is 19.2 Å². The molecule has 1 atom stereocenters. The van der Waals surface area contributed by atoms with Gasteiger partial charge in [0, 0.05) is 32.3 Å². The number of benzene rings is 1. The number of H-pyrrole nitrogens is 2. The number of esters is 2. The van der Waals surface area contributed by atoms with Gasteiger partial charge >= 0.3 is 11.9 Å². The molecule has 0 fully saturated rings. The van der Waals surface area contributed by atoms with Gasteiger partial charge in [0.2, 0.25) is 5.95 Å². The molecule has 3 aromatic rings. The lowest BCUT2D eigenvalue weighted by Gasteiger charge is -2.17. The number of nitrogens with zero attached hydrogens (tertiary/aromatic N) is 3. The van der Waals surface area contributed by atoms with Gasteiger partial charge in [-0.15, -0.1) is 0 Å². The molecule has 12 heteroatoms. The normalized spacial score (nSPS) is 11.9. The lowest BCUT2D eigenvalue weighted by atomic mass is 10.0. The molecule has 208 valence electrons. The van der Waals surface area contributed by atoms with Crippen molar-refractivity contribution in [2.45, 2.75) is 45.6 Å². The Morgan fingerprint density at radius 1 is 1.10 bits per heavy atom. The molecule has 0 aliphatic heterocycles. The minimum Gasteiger partial charge on any atom is -0.466 e. The largest absolute Gasteiger partial charge is 0.466 e. The zero-order valence-electron chi connectivity index (χ0n) is 22.6. The molecule has 2 heterocycles. The average molecular weight is 539 g/mol. The number of fused-ring (bicyclic) bond motifs is 1. The first kappa shape index (κ1) is 29.1. The standard InChI is InChI=1S/C27H34N6O6/c1-5-38-21(34)14-13-20(26(37)39-6-2)30-24(35)18-10-7-17(8-11-18)9-12-19-15-28-23-22(19)25(36)32-27(31-23)29-16-33(3)4/h7-8,10-11,15-16,20H,5-6,9,12-14H2,1-4H3,(H,30,35)(H2,28,31,32,36)/t20-/m0/s1. The first-order valence-electron chi connectivity index (χ1n) is 12.7. The Morgan fingerprint density at radius 3 is 2.49 bits per heavy atom. The number of ether oxygens (including phenoxy) is 2. The van der Waals surface area contributed by atoms with E-state index in [1.165, 1.54) is 0 Å². The topological polar surface area (TPSA) is 159 Å². The molecule has 0 saturated heterocycles. The maximum atomic E-state index is 12.8. The molecule has 1 amide bonds. The third-order valence-corrected chi connectivity index (χ3v) is 5.74. The van der Waals surface area contributed by atoms with Crippen LogP contribution in [0.4, 0.5) is 5.95 Å². The maximum absolute atomic E-state index is 12.8. The fraction of sp³-hybridized carbons (Fsp3) is 0.407. The van der Waals surface area contributed by atoms with Gasteiger partial charge in [-0.25, -0.2) is 9.79 Å². The molecule has 12 nitrogen and oxygen atoms in total. The molecule has 3 rings (SSSR count). The molecule has 3 N–H and O–H groups in total. The first-order chi connectivity index (χ1) is 18.7. The molecule has 0 bridgehead atoms. The summed E-state index contributed by atoms with van der Waals surface area (Å²) in [5.74, 6) is -1.29. The van der Waals surface area contributed by atoms with Crippen molar-refractivity contribution in [1.82, 2.24) is 25.2 Å². The van der Waals surface area contributed by atoms with Crippen molar-refractivity contribution in [3.8, 4) is 0 Å². The summed E-state index contributed by atoms with van der Waals surface area (Å²) in [5, 5.41) is 3.14. The fourth-order valence-electron chi connectivity index (χ4n) is 3.85. The van der Waals surface area contributed by atoms with Crippen LogP contribution < -0.4 is 10.9 Å². The highest BCUT2D eigenvalue weighted by Gasteiger charge is 2.24. The number of rotatable bonds is 13. The predicted octanol–water partition coefficient (Wildman–Crippen LogP) is 2.26. The summed E-state index contributed by atoms with van der Waals surface area (Å²) < 4.78 is 9.94. The van der Waals surface area contributed by atoms with Gasteiger partial charge in [0.15, 0.2) is 0 Å². The number of carbonyl (C=O) groups is 3. The summed E-state index contributed by atoms with van der Waals surface area (Å²) in [6.07, 6.45) is 4.57. The number of hydrogen-bond acceptors (Lipinski definition) is 8. The van der Waals surface area contributed by atoms with Gasteiger partial charge in [0.05, 0.1) is 24.9 Å². The van der Waals surface area contributed by atoms with Crippen molar-refractivity contribution in [1.29, 1.82) is 0 Å². The zero-order valence-corrected chi connectivity index (χ0v) is 22.6. The first-order valence-corrected chi connectivity index (χ1v) is 12.7. The summed E-state index contributed by atoms with van der Waals surface area (Å²) in [6.45, 7) is 3.76. The molecule has 0 radical (unpaired) electrons. The number of aromatic nitrogens is 3. The highest BCUT2D eigenvalue weighted by Crippen LogP contribution is 2.17.